The van der Waals surface area contributed by atoms with Crippen LogP contribution in [0.5, 0.6) is 0 Å². The Kier molecular flexibility index (Phi) is 7.01. The lowest BCUT2D eigenvalue weighted by Gasteiger charge is -2.22. The van der Waals surface area contributed by atoms with Gasteiger partial charge < -0.3 is 15.1 Å². The van der Waals surface area contributed by atoms with E-state index in [1.54, 1.807) is 0 Å². The van der Waals surface area contributed by atoms with Crippen LogP contribution in [0.3, 0.4) is 0 Å². The molecule has 1 aliphatic heterocycles. The molecule has 0 aromatic heterocycles. The molecule has 0 amide bonds. The van der Waals surface area contributed by atoms with Crippen LogP contribution in [0.1, 0.15) is 33.1 Å². The summed E-state index contributed by atoms with van der Waals surface area (Å²) in [6.07, 6.45) is 3.84. The van der Waals surface area contributed by atoms with E-state index in [-0.39, 0.29) is 0 Å². The molecule has 16 heavy (non-hydrogen) atoms. The maximum atomic E-state index is 3.56. The van der Waals surface area contributed by atoms with E-state index in [0.29, 0.717) is 6.04 Å². The molecule has 1 heterocycles. The minimum Gasteiger partial charge on any atom is -0.314 e. The zero-order valence-corrected chi connectivity index (χ0v) is 11.3. The average molecular weight is 227 g/mol. The third-order valence-corrected chi connectivity index (χ3v) is 3.43. The number of rotatable bonds is 6. The normalized spacial score (nSPS) is 21.9. The molecule has 0 bridgehead atoms. The van der Waals surface area contributed by atoms with Crippen LogP contribution in [0.2, 0.25) is 0 Å². The summed E-state index contributed by atoms with van der Waals surface area (Å²) >= 11 is 0. The molecule has 0 saturated carbocycles. The zero-order chi connectivity index (χ0) is 11.8. The summed E-state index contributed by atoms with van der Waals surface area (Å²) in [6, 6.07) is 0.668. The van der Waals surface area contributed by atoms with E-state index < -0.39 is 0 Å². The van der Waals surface area contributed by atoms with E-state index in [4.69, 9.17) is 0 Å². The van der Waals surface area contributed by atoms with Crippen molar-refractivity contribution in [2.45, 2.75) is 39.2 Å². The fourth-order valence-corrected chi connectivity index (χ4v) is 2.19. The standard InChI is InChI=1S/C13H29N3/c1-4-7-14-13(2)6-10-16-9-5-8-15(3)11-12-16/h13-14H,4-12H2,1-3H3. The lowest BCUT2D eigenvalue weighted by Crippen LogP contribution is -2.34. The summed E-state index contributed by atoms with van der Waals surface area (Å²) in [5.41, 5.74) is 0. The molecule has 3 heteroatoms. The molecule has 1 unspecified atom stereocenters. The monoisotopic (exact) mass is 227 g/mol. The summed E-state index contributed by atoms with van der Waals surface area (Å²) in [5.74, 6) is 0. The predicted molar refractivity (Wildman–Crippen MR) is 70.9 cm³/mol. The van der Waals surface area contributed by atoms with Crippen LogP contribution in [-0.2, 0) is 0 Å². The first-order chi connectivity index (χ1) is 7.72. The van der Waals surface area contributed by atoms with Crippen molar-refractivity contribution in [3.8, 4) is 0 Å². The van der Waals surface area contributed by atoms with Gasteiger partial charge in [-0.15, -0.1) is 0 Å². The van der Waals surface area contributed by atoms with Crippen LogP contribution in [0.4, 0.5) is 0 Å². The highest BCUT2D eigenvalue weighted by Crippen LogP contribution is 2.03. The van der Waals surface area contributed by atoms with E-state index in [1.807, 2.05) is 0 Å². The molecule has 3 nitrogen and oxygen atoms in total. The van der Waals surface area contributed by atoms with Gasteiger partial charge in [-0.25, -0.2) is 0 Å². The Morgan fingerprint density at radius 1 is 1.19 bits per heavy atom. The molecular formula is C13H29N3. The first-order valence-electron chi connectivity index (χ1n) is 6.86. The smallest absolute Gasteiger partial charge is 0.0109 e. The highest BCUT2D eigenvalue weighted by atomic mass is 15.2. The van der Waals surface area contributed by atoms with Gasteiger partial charge in [0.2, 0.25) is 0 Å². The number of hydrogen-bond acceptors (Lipinski definition) is 3. The average Bonchev–Trinajstić information content (AvgIpc) is 2.48. The Balaban J connectivity index is 2.11. The van der Waals surface area contributed by atoms with Crippen molar-refractivity contribution in [1.29, 1.82) is 0 Å². The second-order valence-corrected chi connectivity index (χ2v) is 5.14. The van der Waals surface area contributed by atoms with Crippen molar-refractivity contribution in [3.05, 3.63) is 0 Å². The molecule has 1 N–H and O–H groups in total. The highest BCUT2D eigenvalue weighted by molar-refractivity contribution is 4.70. The maximum Gasteiger partial charge on any atom is 0.0109 e. The van der Waals surface area contributed by atoms with Crippen molar-refractivity contribution < 1.29 is 0 Å². The van der Waals surface area contributed by atoms with Gasteiger partial charge in [-0.3, -0.25) is 0 Å². The number of nitrogens with zero attached hydrogens (tertiary/aromatic N) is 2. The number of hydrogen-bond donors (Lipinski definition) is 1. The quantitative estimate of drug-likeness (QED) is 0.740. The van der Waals surface area contributed by atoms with Crippen LogP contribution >= 0.6 is 0 Å². The molecule has 1 saturated heterocycles. The van der Waals surface area contributed by atoms with E-state index >= 15 is 0 Å². The molecule has 1 rings (SSSR count). The summed E-state index contributed by atoms with van der Waals surface area (Å²) in [6.45, 7) is 12.0. The van der Waals surface area contributed by atoms with Gasteiger partial charge in [0.05, 0.1) is 0 Å². The molecule has 1 aliphatic rings. The predicted octanol–water partition coefficient (Wildman–Crippen LogP) is 1.40. The molecule has 0 aromatic carbocycles. The van der Waals surface area contributed by atoms with Crippen molar-refractivity contribution >= 4 is 0 Å². The van der Waals surface area contributed by atoms with Crippen LogP contribution in [0, 0.1) is 0 Å². The lowest BCUT2D eigenvalue weighted by molar-refractivity contribution is 0.262. The summed E-state index contributed by atoms with van der Waals surface area (Å²) in [5, 5.41) is 3.56. The Morgan fingerprint density at radius 2 is 2.00 bits per heavy atom. The van der Waals surface area contributed by atoms with E-state index in [9.17, 15) is 0 Å². The second kappa shape index (κ2) is 8.04. The van der Waals surface area contributed by atoms with Crippen molar-refractivity contribution in [2.24, 2.45) is 0 Å². The van der Waals surface area contributed by atoms with E-state index in [1.165, 1.54) is 52.0 Å². The van der Waals surface area contributed by atoms with Gasteiger partial charge in [-0.1, -0.05) is 6.92 Å². The number of likely N-dealkylation sites (N-methyl/N-ethyl adjacent to an activating group) is 1. The Bertz CT molecular complexity index is 173. The molecule has 1 fully saturated rings. The molecule has 0 aromatic rings. The fraction of sp³-hybridized carbons (Fsp3) is 1.00. The van der Waals surface area contributed by atoms with E-state index in [2.05, 4.69) is 36.0 Å². The minimum absolute atomic E-state index is 0.668. The molecule has 96 valence electrons. The Hall–Kier alpha value is -0.120. The van der Waals surface area contributed by atoms with Crippen LogP contribution in [-0.4, -0.2) is 62.2 Å². The number of nitrogens with one attached hydrogen (secondary N) is 1. The molecule has 1 atom stereocenters. The van der Waals surface area contributed by atoms with Crippen LogP contribution in [0.25, 0.3) is 0 Å². The lowest BCUT2D eigenvalue weighted by atomic mass is 10.2. The first kappa shape index (κ1) is 13.9. The summed E-state index contributed by atoms with van der Waals surface area (Å²) in [4.78, 5) is 5.06. The van der Waals surface area contributed by atoms with Crippen molar-refractivity contribution in [1.82, 2.24) is 15.1 Å². The maximum absolute atomic E-state index is 3.56. The van der Waals surface area contributed by atoms with Gasteiger partial charge in [0.1, 0.15) is 0 Å². The van der Waals surface area contributed by atoms with E-state index in [0.717, 1.165) is 6.54 Å². The van der Waals surface area contributed by atoms with Gasteiger partial charge >= 0.3 is 0 Å². The summed E-state index contributed by atoms with van der Waals surface area (Å²) in [7, 11) is 2.23. The topological polar surface area (TPSA) is 18.5 Å². The van der Waals surface area contributed by atoms with Gasteiger partial charge in [0.25, 0.3) is 0 Å². The SMILES string of the molecule is CCCNC(C)CCN1CCCN(C)CC1. The molecular weight excluding hydrogens is 198 g/mol. The Labute approximate surface area is 101 Å². The minimum atomic E-state index is 0.668. The summed E-state index contributed by atoms with van der Waals surface area (Å²) < 4.78 is 0. The van der Waals surface area contributed by atoms with Gasteiger partial charge in [0.15, 0.2) is 0 Å². The largest absolute Gasteiger partial charge is 0.314 e. The van der Waals surface area contributed by atoms with Crippen molar-refractivity contribution in [3.63, 3.8) is 0 Å². The first-order valence-corrected chi connectivity index (χ1v) is 6.86. The Morgan fingerprint density at radius 3 is 2.75 bits per heavy atom. The third kappa shape index (κ3) is 5.83. The van der Waals surface area contributed by atoms with Crippen LogP contribution < -0.4 is 5.32 Å². The van der Waals surface area contributed by atoms with Gasteiger partial charge in [0, 0.05) is 19.1 Å². The third-order valence-electron chi connectivity index (χ3n) is 3.43. The molecule has 0 spiro atoms. The fourth-order valence-electron chi connectivity index (χ4n) is 2.19. The second-order valence-electron chi connectivity index (χ2n) is 5.14. The van der Waals surface area contributed by atoms with Crippen molar-refractivity contribution in [2.75, 3.05) is 46.3 Å². The molecule has 0 aliphatic carbocycles. The zero-order valence-electron chi connectivity index (χ0n) is 11.3. The van der Waals surface area contributed by atoms with Gasteiger partial charge in [-0.2, -0.15) is 0 Å². The van der Waals surface area contributed by atoms with Gasteiger partial charge in [-0.05, 0) is 59.4 Å². The molecule has 0 radical (unpaired) electrons. The highest BCUT2D eigenvalue weighted by Gasteiger charge is 2.12. The van der Waals surface area contributed by atoms with Crippen LogP contribution in [0.15, 0.2) is 0 Å².